The molecular formula is C18H19ClN6O. The average Bonchev–Trinajstić information content (AvgIpc) is 2.94. The Morgan fingerprint density at radius 1 is 1.15 bits per heavy atom. The second-order valence-corrected chi connectivity index (χ2v) is 6.13. The lowest BCUT2D eigenvalue weighted by atomic mass is 10.1. The third kappa shape index (κ3) is 3.78. The number of carbonyl (C=O) groups is 1. The monoisotopic (exact) mass is 370 g/mol. The molecule has 8 heteroatoms. The van der Waals surface area contributed by atoms with Gasteiger partial charge in [0.1, 0.15) is 11.6 Å². The van der Waals surface area contributed by atoms with Crippen molar-refractivity contribution in [2.75, 3.05) is 17.7 Å². The van der Waals surface area contributed by atoms with Gasteiger partial charge < -0.3 is 16.0 Å². The molecule has 3 N–H and O–H groups in total. The van der Waals surface area contributed by atoms with Crippen LogP contribution in [-0.2, 0) is 7.05 Å². The number of aryl methyl sites for hydroxylation is 2. The van der Waals surface area contributed by atoms with E-state index in [1.807, 2.05) is 38.2 Å². The van der Waals surface area contributed by atoms with Crippen LogP contribution in [0.1, 0.15) is 16.1 Å². The number of amides is 1. The van der Waals surface area contributed by atoms with E-state index >= 15 is 0 Å². The smallest absolute Gasteiger partial charge is 0.253 e. The Kier molecular flexibility index (Phi) is 5.09. The summed E-state index contributed by atoms with van der Waals surface area (Å²) in [5, 5.41) is 13.8. The van der Waals surface area contributed by atoms with Crippen molar-refractivity contribution in [1.29, 1.82) is 0 Å². The predicted molar refractivity (Wildman–Crippen MR) is 104 cm³/mol. The predicted octanol–water partition coefficient (Wildman–Crippen LogP) is 3.62. The van der Waals surface area contributed by atoms with Crippen LogP contribution in [-0.4, -0.2) is 27.7 Å². The van der Waals surface area contributed by atoms with Gasteiger partial charge in [-0.15, -0.1) is 0 Å². The first kappa shape index (κ1) is 17.8. The van der Waals surface area contributed by atoms with Crippen molar-refractivity contribution in [2.45, 2.75) is 6.92 Å². The van der Waals surface area contributed by atoms with Gasteiger partial charge in [0.15, 0.2) is 0 Å². The molecule has 0 aliphatic rings. The van der Waals surface area contributed by atoms with E-state index in [-0.39, 0.29) is 5.91 Å². The number of anilines is 4. The summed E-state index contributed by atoms with van der Waals surface area (Å²) in [4.78, 5) is 16.3. The maximum atomic E-state index is 12.0. The van der Waals surface area contributed by atoms with E-state index in [0.717, 1.165) is 11.5 Å². The van der Waals surface area contributed by atoms with Crippen molar-refractivity contribution in [2.24, 2.45) is 7.05 Å². The molecule has 0 aliphatic carbocycles. The molecule has 1 amide bonds. The summed E-state index contributed by atoms with van der Waals surface area (Å²) in [5.41, 5.74) is 2.73. The molecule has 134 valence electrons. The number of hydrogen-bond acceptors (Lipinski definition) is 5. The Labute approximate surface area is 156 Å². The number of carbonyl (C=O) groups excluding carboxylic acids is 1. The minimum atomic E-state index is -0.179. The van der Waals surface area contributed by atoms with Crippen LogP contribution in [0.2, 0.25) is 5.02 Å². The number of aromatic nitrogens is 3. The lowest BCUT2D eigenvalue weighted by Crippen LogP contribution is -2.19. The van der Waals surface area contributed by atoms with Crippen LogP contribution in [0.5, 0.6) is 0 Å². The molecule has 0 bridgehead atoms. The second-order valence-electron chi connectivity index (χ2n) is 5.72. The van der Waals surface area contributed by atoms with Gasteiger partial charge in [0, 0.05) is 26.2 Å². The lowest BCUT2D eigenvalue weighted by molar-refractivity contribution is 0.0964. The maximum absolute atomic E-state index is 12.0. The molecule has 0 saturated carbocycles. The quantitative estimate of drug-likeness (QED) is 0.638. The molecule has 0 saturated heterocycles. The van der Waals surface area contributed by atoms with Crippen molar-refractivity contribution in [1.82, 2.24) is 20.1 Å². The van der Waals surface area contributed by atoms with Crippen molar-refractivity contribution in [3.8, 4) is 0 Å². The third-order valence-electron chi connectivity index (χ3n) is 3.78. The second kappa shape index (κ2) is 7.45. The summed E-state index contributed by atoms with van der Waals surface area (Å²) in [7, 11) is 3.44. The van der Waals surface area contributed by atoms with E-state index in [4.69, 9.17) is 11.6 Å². The van der Waals surface area contributed by atoms with Crippen LogP contribution in [0.3, 0.4) is 0 Å². The average molecular weight is 371 g/mol. The maximum Gasteiger partial charge on any atom is 0.253 e. The Balaban J connectivity index is 1.89. The Morgan fingerprint density at radius 2 is 1.92 bits per heavy atom. The summed E-state index contributed by atoms with van der Waals surface area (Å²) < 4.78 is 1.74. The molecule has 0 spiro atoms. The fourth-order valence-corrected chi connectivity index (χ4v) is 2.68. The van der Waals surface area contributed by atoms with E-state index in [1.165, 1.54) is 0 Å². The molecule has 0 fully saturated rings. The molecule has 3 rings (SSSR count). The molecule has 3 aromatic rings. The van der Waals surface area contributed by atoms with E-state index in [1.54, 1.807) is 30.1 Å². The number of halogens is 1. The topological polar surface area (TPSA) is 83.9 Å². The SMILES string of the molecule is CNC(=O)c1ccccc1Nc1cc(Nc2cc(C)nn2C)ncc1Cl. The highest BCUT2D eigenvalue weighted by Crippen LogP contribution is 2.29. The molecule has 2 aromatic heterocycles. The number of nitrogens with one attached hydrogen (secondary N) is 3. The van der Waals surface area contributed by atoms with E-state index in [2.05, 4.69) is 26.0 Å². The number of hydrogen-bond donors (Lipinski definition) is 3. The minimum Gasteiger partial charge on any atom is -0.355 e. The summed E-state index contributed by atoms with van der Waals surface area (Å²) in [6, 6.07) is 10.9. The van der Waals surface area contributed by atoms with Crippen molar-refractivity contribution >= 4 is 40.5 Å². The molecule has 0 radical (unpaired) electrons. The summed E-state index contributed by atoms with van der Waals surface area (Å²) >= 11 is 6.28. The first-order chi connectivity index (χ1) is 12.5. The van der Waals surface area contributed by atoms with Gasteiger partial charge in [-0.05, 0) is 19.1 Å². The van der Waals surface area contributed by atoms with Gasteiger partial charge in [0.2, 0.25) is 0 Å². The number of para-hydroxylation sites is 1. The summed E-state index contributed by atoms with van der Waals surface area (Å²) in [6.07, 6.45) is 1.55. The zero-order valence-corrected chi connectivity index (χ0v) is 15.4. The molecule has 26 heavy (non-hydrogen) atoms. The first-order valence-electron chi connectivity index (χ1n) is 7.99. The van der Waals surface area contributed by atoms with E-state index in [0.29, 0.717) is 27.8 Å². The van der Waals surface area contributed by atoms with Gasteiger partial charge in [0.05, 0.1) is 33.9 Å². The minimum absolute atomic E-state index is 0.179. The Morgan fingerprint density at radius 3 is 2.62 bits per heavy atom. The summed E-state index contributed by atoms with van der Waals surface area (Å²) in [6.45, 7) is 1.92. The van der Waals surface area contributed by atoms with Gasteiger partial charge in [-0.25, -0.2) is 4.98 Å². The zero-order chi connectivity index (χ0) is 18.7. The largest absolute Gasteiger partial charge is 0.355 e. The van der Waals surface area contributed by atoms with Gasteiger partial charge in [-0.1, -0.05) is 23.7 Å². The molecule has 0 unspecified atom stereocenters. The first-order valence-corrected chi connectivity index (χ1v) is 8.37. The number of rotatable bonds is 5. The Bertz CT molecular complexity index is 953. The van der Waals surface area contributed by atoms with Gasteiger partial charge in [0.25, 0.3) is 5.91 Å². The number of pyridine rings is 1. The van der Waals surface area contributed by atoms with Gasteiger partial charge in [-0.2, -0.15) is 5.10 Å². The summed E-state index contributed by atoms with van der Waals surface area (Å²) in [5.74, 6) is 1.24. The number of nitrogens with zero attached hydrogens (tertiary/aromatic N) is 3. The molecule has 1 aromatic carbocycles. The standard InChI is InChI=1S/C18H19ClN6O/c1-11-8-17(25(3)24-11)23-16-9-15(13(19)10-21-16)22-14-7-5-4-6-12(14)18(26)20-2/h4-10H,1-3H3,(H,20,26)(H2,21,22,23). The third-order valence-corrected chi connectivity index (χ3v) is 4.08. The lowest BCUT2D eigenvalue weighted by Gasteiger charge is -2.14. The molecule has 2 heterocycles. The van der Waals surface area contributed by atoms with E-state index < -0.39 is 0 Å². The van der Waals surface area contributed by atoms with Gasteiger partial charge >= 0.3 is 0 Å². The van der Waals surface area contributed by atoms with Crippen LogP contribution in [0, 0.1) is 6.92 Å². The molecule has 0 aliphatic heterocycles. The van der Waals surface area contributed by atoms with Crippen LogP contribution >= 0.6 is 11.6 Å². The highest BCUT2D eigenvalue weighted by atomic mass is 35.5. The van der Waals surface area contributed by atoms with Crippen molar-refractivity contribution in [3.05, 3.63) is 58.9 Å². The Hall–Kier alpha value is -3.06. The van der Waals surface area contributed by atoms with Crippen LogP contribution in [0.25, 0.3) is 0 Å². The molecule has 0 atom stereocenters. The fraction of sp³-hybridized carbons (Fsp3) is 0.167. The highest BCUT2D eigenvalue weighted by Gasteiger charge is 2.12. The van der Waals surface area contributed by atoms with E-state index in [9.17, 15) is 4.79 Å². The fourth-order valence-electron chi connectivity index (χ4n) is 2.53. The zero-order valence-electron chi connectivity index (χ0n) is 14.7. The normalized spacial score (nSPS) is 10.5. The molecular weight excluding hydrogens is 352 g/mol. The van der Waals surface area contributed by atoms with Crippen LogP contribution < -0.4 is 16.0 Å². The highest BCUT2D eigenvalue weighted by molar-refractivity contribution is 6.33. The number of benzene rings is 1. The van der Waals surface area contributed by atoms with Crippen LogP contribution in [0.4, 0.5) is 23.0 Å². The van der Waals surface area contributed by atoms with Crippen LogP contribution in [0.15, 0.2) is 42.6 Å². The van der Waals surface area contributed by atoms with Crippen molar-refractivity contribution in [3.63, 3.8) is 0 Å². The molecule has 7 nitrogen and oxygen atoms in total. The van der Waals surface area contributed by atoms with Gasteiger partial charge in [-0.3, -0.25) is 9.48 Å². The van der Waals surface area contributed by atoms with Crippen molar-refractivity contribution < 1.29 is 4.79 Å².